The lowest BCUT2D eigenvalue weighted by Crippen LogP contribution is -2.33. The Morgan fingerprint density at radius 1 is 1.10 bits per heavy atom. The van der Waals surface area contributed by atoms with Crippen LogP contribution in [-0.2, 0) is 9.59 Å². The summed E-state index contributed by atoms with van der Waals surface area (Å²) in [5.74, 6) is 0.306. The van der Waals surface area contributed by atoms with Gasteiger partial charge in [-0.15, -0.1) is 0 Å². The third-order valence-corrected chi connectivity index (χ3v) is 3.71. The quantitative estimate of drug-likeness (QED) is 0.613. The van der Waals surface area contributed by atoms with Crippen molar-refractivity contribution in [1.82, 2.24) is 9.80 Å². The fraction of sp³-hybridized carbons (Fsp3) is 0.647. The zero-order valence-corrected chi connectivity index (χ0v) is 14.2. The van der Waals surface area contributed by atoms with Crippen molar-refractivity contribution in [3.8, 4) is 0 Å². The van der Waals surface area contributed by atoms with E-state index in [4.69, 9.17) is 0 Å². The highest BCUT2D eigenvalue weighted by Crippen LogP contribution is 2.29. The summed E-state index contributed by atoms with van der Waals surface area (Å²) in [6, 6.07) is 0. The number of hydrogen-bond acceptors (Lipinski definition) is 2. The lowest BCUT2D eigenvalue weighted by atomic mass is 9.80. The number of amides is 2. The fourth-order valence-electron chi connectivity index (χ4n) is 2.56. The Bertz CT molecular complexity index is 388. The van der Waals surface area contributed by atoms with Crippen molar-refractivity contribution in [2.45, 2.75) is 33.6 Å². The van der Waals surface area contributed by atoms with Crippen LogP contribution < -0.4 is 0 Å². The van der Waals surface area contributed by atoms with Gasteiger partial charge in [0, 0.05) is 27.2 Å². The smallest absolute Gasteiger partial charge is 0.245 e. The van der Waals surface area contributed by atoms with Crippen LogP contribution in [0, 0.1) is 11.3 Å². The van der Waals surface area contributed by atoms with Gasteiger partial charge in [-0.25, -0.2) is 0 Å². The van der Waals surface area contributed by atoms with Crippen molar-refractivity contribution >= 4 is 11.8 Å². The van der Waals surface area contributed by atoms with Crippen molar-refractivity contribution in [1.29, 1.82) is 0 Å². The summed E-state index contributed by atoms with van der Waals surface area (Å²) >= 11 is 0. The number of nitrogens with zero attached hydrogens (tertiary/aromatic N) is 2. The molecule has 4 heteroatoms. The Labute approximate surface area is 129 Å². The van der Waals surface area contributed by atoms with Crippen LogP contribution in [0.15, 0.2) is 25.3 Å². The number of likely N-dealkylation sites (N-methyl/N-ethyl adjacent to an activating group) is 2. The Morgan fingerprint density at radius 3 is 2.05 bits per heavy atom. The van der Waals surface area contributed by atoms with E-state index >= 15 is 0 Å². The van der Waals surface area contributed by atoms with Gasteiger partial charge in [-0.2, -0.15) is 0 Å². The summed E-state index contributed by atoms with van der Waals surface area (Å²) in [6.07, 6.45) is 4.60. The fourth-order valence-corrected chi connectivity index (χ4v) is 2.56. The average Bonchev–Trinajstić information content (AvgIpc) is 2.41. The zero-order chi connectivity index (χ0) is 16.6. The van der Waals surface area contributed by atoms with Crippen molar-refractivity contribution < 1.29 is 9.59 Å². The maximum atomic E-state index is 11.5. The van der Waals surface area contributed by atoms with Crippen LogP contribution in [-0.4, -0.2) is 48.8 Å². The van der Waals surface area contributed by atoms with Gasteiger partial charge in [-0.05, 0) is 36.3 Å². The van der Waals surface area contributed by atoms with Crippen LogP contribution in [0.2, 0.25) is 0 Å². The van der Waals surface area contributed by atoms with Gasteiger partial charge in [0.1, 0.15) is 0 Å². The molecule has 0 rings (SSSR count). The molecule has 0 bridgehead atoms. The molecule has 0 aliphatic carbocycles. The number of rotatable bonds is 9. The molecule has 0 fully saturated rings. The van der Waals surface area contributed by atoms with Crippen LogP contribution >= 0.6 is 0 Å². The molecule has 0 aliphatic rings. The molecule has 0 heterocycles. The molecule has 120 valence electrons. The molecular weight excluding hydrogens is 264 g/mol. The first kappa shape index (κ1) is 19.4. The SMILES string of the molecule is C=CC(=O)N(C)CCC(C)(C)CC(C)CN(C)C(=O)C=C. The topological polar surface area (TPSA) is 40.6 Å². The molecule has 1 unspecified atom stereocenters. The van der Waals surface area contributed by atoms with Crippen molar-refractivity contribution in [2.75, 3.05) is 27.2 Å². The van der Waals surface area contributed by atoms with E-state index in [1.165, 1.54) is 12.2 Å². The minimum absolute atomic E-state index is 0.0454. The van der Waals surface area contributed by atoms with Crippen LogP contribution in [0.4, 0.5) is 0 Å². The first-order valence-electron chi connectivity index (χ1n) is 7.38. The largest absolute Gasteiger partial charge is 0.342 e. The van der Waals surface area contributed by atoms with E-state index in [1.54, 1.807) is 23.9 Å². The maximum absolute atomic E-state index is 11.5. The summed E-state index contributed by atoms with van der Waals surface area (Å²) in [4.78, 5) is 26.3. The second kappa shape index (κ2) is 8.65. The zero-order valence-electron chi connectivity index (χ0n) is 14.2. The molecule has 0 saturated heterocycles. The predicted octanol–water partition coefficient (Wildman–Crippen LogP) is 2.72. The van der Waals surface area contributed by atoms with Crippen LogP contribution in [0.1, 0.15) is 33.6 Å². The molecule has 0 spiro atoms. The molecule has 0 aliphatic heterocycles. The summed E-state index contributed by atoms with van der Waals surface area (Å²) in [6.45, 7) is 15.0. The number of hydrogen-bond donors (Lipinski definition) is 0. The van der Waals surface area contributed by atoms with E-state index in [1.807, 2.05) is 0 Å². The lowest BCUT2D eigenvalue weighted by molar-refractivity contribution is -0.126. The normalized spacial score (nSPS) is 12.4. The molecule has 0 N–H and O–H groups in total. The van der Waals surface area contributed by atoms with E-state index in [0.717, 1.165) is 19.4 Å². The first-order chi connectivity index (χ1) is 9.62. The van der Waals surface area contributed by atoms with Gasteiger partial charge < -0.3 is 9.80 Å². The molecule has 2 amide bonds. The molecule has 1 atom stereocenters. The number of carbonyl (C=O) groups is 2. The van der Waals surface area contributed by atoms with Crippen LogP contribution in [0.3, 0.4) is 0 Å². The van der Waals surface area contributed by atoms with Crippen molar-refractivity contribution in [2.24, 2.45) is 11.3 Å². The minimum atomic E-state index is -0.0461. The average molecular weight is 294 g/mol. The lowest BCUT2D eigenvalue weighted by Gasteiger charge is -2.31. The predicted molar refractivity (Wildman–Crippen MR) is 87.8 cm³/mol. The van der Waals surface area contributed by atoms with E-state index in [-0.39, 0.29) is 17.2 Å². The molecule has 0 radical (unpaired) electrons. The van der Waals surface area contributed by atoms with Gasteiger partial charge in [-0.3, -0.25) is 9.59 Å². The highest BCUT2D eigenvalue weighted by molar-refractivity contribution is 5.87. The number of carbonyl (C=O) groups excluding carboxylic acids is 2. The molecule has 0 aromatic heterocycles. The second-order valence-corrected chi connectivity index (χ2v) is 6.61. The standard InChI is InChI=1S/C17H30N2O2/c1-8-15(20)18(6)11-10-17(4,5)12-14(3)13-19(7)16(21)9-2/h8-9,14H,1-2,10-13H2,3-7H3. The summed E-state index contributed by atoms with van der Waals surface area (Å²) < 4.78 is 0. The van der Waals surface area contributed by atoms with Gasteiger partial charge in [0.2, 0.25) is 11.8 Å². The third-order valence-electron chi connectivity index (χ3n) is 3.71. The molecule has 21 heavy (non-hydrogen) atoms. The molecule has 0 saturated carbocycles. The summed E-state index contributed by atoms with van der Waals surface area (Å²) in [5, 5.41) is 0. The van der Waals surface area contributed by atoms with E-state index in [0.29, 0.717) is 12.5 Å². The Balaban J connectivity index is 4.33. The van der Waals surface area contributed by atoms with Crippen molar-refractivity contribution in [3.63, 3.8) is 0 Å². The highest BCUT2D eigenvalue weighted by Gasteiger charge is 2.23. The van der Waals surface area contributed by atoms with Crippen molar-refractivity contribution in [3.05, 3.63) is 25.3 Å². The van der Waals surface area contributed by atoms with Gasteiger partial charge in [0.15, 0.2) is 0 Å². The van der Waals surface area contributed by atoms with E-state index in [2.05, 4.69) is 33.9 Å². The maximum Gasteiger partial charge on any atom is 0.245 e. The molecule has 0 aromatic carbocycles. The third kappa shape index (κ3) is 7.69. The second-order valence-electron chi connectivity index (χ2n) is 6.61. The summed E-state index contributed by atoms with van der Waals surface area (Å²) in [5.41, 5.74) is 0.118. The highest BCUT2D eigenvalue weighted by atomic mass is 16.2. The molecule has 4 nitrogen and oxygen atoms in total. The Kier molecular flexibility index (Phi) is 8.00. The van der Waals surface area contributed by atoms with Gasteiger partial charge >= 0.3 is 0 Å². The minimum Gasteiger partial charge on any atom is -0.342 e. The Hall–Kier alpha value is -1.58. The summed E-state index contributed by atoms with van der Waals surface area (Å²) in [7, 11) is 3.59. The van der Waals surface area contributed by atoms with Gasteiger partial charge in [0.25, 0.3) is 0 Å². The van der Waals surface area contributed by atoms with Crippen LogP contribution in [0.25, 0.3) is 0 Å². The monoisotopic (exact) mass is 294 g/mol. The van der Waals surface area contributed by atoms with E-state index in [9.17, 15) is 9.59 Å². The van der Waals surface area contributed by atoms with E-state index < -0.39 is 0 Å². The molecule has 0 aromatic rings. The molecular formula is C17H30N2O2. The van der Waals surface area contributed by atoms with Gasteiger partial charge in [0.05, 0.1) is 0 Å². The van der Waals surface area contributed by atoms with Gasteiger partial charge in [-0.1, -0.05) is 33.9 Å². The van der Waals surface area contributed by atoms with Crippen LogP contribution in [0.5, 0.6) is 0 Å². The first-order valence-corrected chi connectivity index (χ1v) is 7.38. The Morgan fingerprint density at radius 2 is 1.57 bits per heavy atom.